The minimum atomic E-state index is 0.479. The summed E-state index contributed by atoms with van der Waals surface area (Å²) in [6.07, 6.45) is 5.00. The highest BCUT2D eigenvalue weighted by Crippen LogP contribution is 2.25. The van der Waals surface area contributed by atoms with Crippen LogP contribution < -0.4 is 15.2 Å². The summed E-state index contributed by atoms with van der Waals surface area (Å²) < 4.78 is 17.2. The van der Waals surface area contributed by atoms with E-state index >= 15 is 0 Å². The van der Waals surface area contributed by atoms with Crippen molar-refractivity contribution in [2.75, 3.05) is 19.8 Å². The first kappa shape index (κ1) is 18.0. The first-order valence-corrected chi connectivity index (χ1v) is 8.80. The summed E-state index contributed by atoms with van der Waals surface area (Å²) in [7, 11) is 0. The van der Waals surface area contributed by atoms with Gasteiger partial charge in [-0.2, -0.15) is 0 Å². The Kier molecular flexibility index (Phi) is 6.28. The first-order chi connectivity index (χ1) is 12.7. The van der Waals surface area contributed by atoms with Crippen molar-refractivity contribution in [3.05, 3.63) is 60.2 Å². The lowest BCUT2D eigenvalue weighted by atomic mass is 10.0. The molecule has 3 N–H and O–H groups in total. The van der Waals surface area contributed by atoms with Gasteiger partial charge >= 0.3 is 0 Å². The fourth-order valence-electron chi connectivity index (χ4n) is 2.79. The SMILES string of the molecule is N=C/C=C(\N)c1ccc(Oc2ccc(OCC3CCCOC3)cc2)cc1. The normalized spacial score (nSPS) is 17.5. The van der Waals surface area contributed by atoms with Crippen LogP contribution in [-0.4, -0.2) is 26.0 Å². The molecule has 0 spiro atoms. The molecule has 1 aliphatic rings. The van der Waals surface area contributed by atoms with Gasteiger partial charge in [-0.25, -0.2) is 0 Å². The highest BCUT2D eigenvalue weighted by Gasteiger charge is 2.14. The summed E-state index contributed by atoms with van der Waals surface area (Å²) in [6.45, 7) is 2.35. The average molecular weight is 352 g/mol. The monoisotopic (exact) mass is 352 g/mol. The zero-order valence-electron chi connectivity index (χ0n) is 14.7. The number of ether oxygens (including phenoxy) is 3. The number of hydrogen-bond donors (Lipinski definition) is 2. The summed E-state index contributed by atoms with van der Waals surface area (Å²) >= 11 is 0. The fraction of sp³-hybridized carbons (Fsp3) is 0.286. The maximum atomic E-state index is 7.06. The van der Waals surface area contributed by atoms with Crippen LogP contribution in [-0.2, 0) is 4.74 Å². The number of benzene rings is 2. The average Bonchev–Trinajstić information content (AvgIpc) is 2.69. The third-order valence-electron chi connectivity index (χ3n) is 4.25. The van der Waals surface area contributed by atoms with Gasteiger partial charge in [0.1, 0.15) is 17.2 Å². The van der Waals surface area contributed by atoms with Crippen molar-refractivity contribution in [2.24, 2.45) is 11.7 Å². The molecular formula is C21H24N2O3. The van der Waals surface area contributed by atoms with Gasteiger partial charge in [0.15, 0.2) is 0 Å². The van der Waals surface area contributed by atoms with Crippen LogP contribution in [0.1, 0.15) is 18.4 Å². The van der Waals surface area contributed by atoms with E-state index in [-0.39, 0.29) is 0 Å². The summed E-state index contributed by atoms with van der Waals surface area (Å²) in [5.74, 6) is 2.79. The van der Waals surface area contributed by atoms with Crippen molar-refractivity contribution in [1.29, 1.82) is 5.41 Å². The van der Waals surface area contributed by atoms with Gasteiger partial charge in [0.2, 0.25) is 0 Å². The molecule has 5 heteroatoms. The largest absolute Gasteiger partial charge is 0.493 e. The van der Waals surface area contributed by atoms with Gasteiger partial charge in [-0.1, -0.05) is 0 Å². The van der Waals surface area contributed by atoms with Crippen LogP contribution >= 0.6 is 0 Å². The summed E-state index contributed by atoms with van der Waals surface area (Å²) in [4.78, 5) is 0. The Morgan fingerprint density at radius 2 is 1.73 bits per heavy atom. The van der Waals surface area contributed by atoms with E-state index < -0.39 is 0 Å². The molecule has 0 aliphatic carbocycles. The molecule has 1 saturated heterocycles. The number of allylic oxidation sites excluding steroid dienone is 1. The van der Waals surface area contributed by atoms with Crippen LogP contribution in [0.2, 0.25) is 0 Å². The topological polar surface area (TPSA) is 77.6 Å². The standard InChI is InChI=1S/C21H24N2O3/c22-12-11-21(23)17-3-5-19(6-4-17)26-20-9-7-18(8-10-20)25-15-16-2-1-13-24-14-16/h3-12,16,22H,1-2,13-15,23H2/b21-11-,22-12?. The molecular weight excluding hydrogens is 328 g/mol. The Morgan fingerprint density at radius 3 is 2.35 bits per heavy atom. The predicted octanol–water partition coefficient (Wildman–Crippen LogP) is 4.23. The molecule has 26 heavy (non-hydrogen) atoms. The van der Waals surface area contributed by atoms with Crippen LogP contribution in [0.4, 0.5) is 0 Å². The second kappa shape index (κ2) is 9.06. The molecule has 2 aromatic carbocycles. The Bertz CT molecular complexity index is 733. The number of hydrogen-bond acceptors (Lipinski definition) is 5. The molecule has 1 aliphatic heterocycles. The Balaban J connectivity index is 1.53. The van der Waals surface area contributed by atoms with E-state index in [2.05, 4.69) is 0 Å². The molecule has 1 unspecified atom stereocenters. The molecule has 3 rings (SSSR count). The summed E-state index contributed by atoms with van der Waals surface area (Å²) in [5.41, 5.74) is 7.26. The van der Waals surface area contributed by atoms with Gasteiger partial charge in [0.05, 0.1) is 13.2 Å². The predicted molar refractivity (Wildman–Crippen MR) is 103 cm³/mol. The molecule has 136 valence electrons. The van der Waals surface area contributed by atoms with E-state index in [1.165, 1.54) is 6.21 Å². The van der Waals surface area contributed by atoms with Crippen molar-refractivity contribution in [3.8, 4) is 17.2 Å². The van der Waals surface area contributed by atoms with E-state index in [0.29, 0.717) is 18.2 Å². The van der Waals surface area contributed by atoms with Crippen LogP contribution in [0.25, 0.3) is 5.70 Å². The lowest BCUT2D eigenvalue weighted by Crippen LogP contribution is -2.23. The molecule has 0 saturated carbocycles. The molecule has 1 atom stereocenters. The van der Waals surface area contributed by atoms with Crippen molar-refractivity contribution in [3.63, 3.8) is 0 Å². The van der Waals surface area contributed by atoms with Gasteiger partial charge < -0.3 is 25.4 Å². The maximum Gasteiger partial charge on any atom is 0.127 e. The van der Waals surface area contributed by atoms with Crippen LogP contribution in [0.15, 0.2) is 54.6 Å². The second-order valence-corrected chi connectivity index (χ2v) is 6.28. The Morgan fingerprint density at radius 1 is 1.08 bits per heavy atom. The third-order valence-corrected chi connectivity index (χ3v) is 4.25. The Labute approximate surface area is 153 Å². The molecule has 0 radical (unpaired) electrons. The van der Waals surface area contributed by atoms with Crippen LogP contribution in [0, 0.1) is 11.3 Å². The molecule has 0 amide bonds. The molecule has 1 fully saturated rings. The van der Waals surface area contributed by atoms with Gasteiger partial charge in [-0.15, -0.1) is 0 Å². The fourth-order valence-corrected chi connectivity index (χ4v) is 2.79. The molecule has 1 heterocycles. The highest BCUT2D eigenvalue weighted by molar-refractivity contribution is 5.81. The third kappa shape index (κ3) is 5.10. The van der Waals surface area contributed by atoms with Gasteiger partial charge in [-0.05, 0) is 73.0 Å². The lowest BCUT2D eigenvalue weighted by molar-refractivity contribution is 0.0352. The maximum absolute atomic E-state index is 7.06. The first-order valence-electron chi connectivity index (χ1n) is 8.80. The van der Waals surface area contributed by atoms with Crippen molar-refractivity contribution in [2.45, 2.75) is 12.8 Å². The lowest BCUT2D eigenvalue weighted by Gasteiger charge is -2.22. The van der Waals surface area contributed by atoms with Gasteiger partial charge in [0, 0.05) is 24.4 Å². The number of rotatable bonds is 7. The summed E-state index contributed by atoms with van der Waals surface area (Å²) in [6, 6.07) is 15.1. The molecule has 0 aromatic heterocycles. The van der Waals surface area contributed by atoms with E-state index in [0.717, 1.165) is 48.9 Å². The van der Waals surface area contributed by atoms with Gasteiger partial charge in [-0.3, -0.25) is 0 Å². The quantitative estimate of drug-likeness (QED) is 0.731. The van der Waals surface area contributed by atoms with Crippen LogP contribution in [0.3, 0.4) is 0 Å². The highest BCUT2D eigenvalue weighted by atomic mass is 16.5. The molecule has 0 bridgehead atoms. The van der Waals surface area contributed by atoms with Crippen molar-refractivity contribution in [1.82, 2.24) is 0 Å². The smallest absolute Gasteiger partial charge is 0.127 e. The minimum Gasteiger partial charge on any atom is -0.493 e. The van der Waals surface area contributed by atoms with Gasteiger partial charge in [0.25, 0.3) is 0 Å². The zero-order valence-corrected chi connectivity index (χ0v) is 14.7. The van der Waals surface area contributed by atoms with E-state index in [4.69, 9.17) is 25.4 Å². The number of nitrogens with two attached hydrogens (primary N) is 1. The van der Waals surface area contributed by atoms with Crippen molar-refractivity contribution >= 4 is 11.9 Å². The van der Waals surface area contributed by atoms with Crippen molar-refractivity contribution < 1.29 is 14.2 Å². The van der Waals surface area contributed by atoms with E-state index in [1.807, 2.05) is 48.5 Å². The zero-order chi connectivity index (χ0) is 18.2. The summed E-state index contributed by atoms with van der Waals surface area (Å²) in [5, 5.41) is 7.06. The van der Waals surface area contributed by atoms with E-state index in [9.17, 15) is 0 Å². The molecule has 2 aromatic rings. The van der Waals surface area contributed by atoms with E-state index in [1.54, 1.807) is 6.08 Å². The molecule has 5 nitrogen and oxygen atoms in total. The minimum absolute atomic E-state index is 0.479. The van der Waals surface area contributed by atoms with Crippen LogP contribution in [0.5, 0.6) is 17.2 Å². The number of nitrogens with one attached hydrogen (secondary N) is 1. The second-order valence-electron chi connectivity index (χ2n) is 6.28. The Hall–Kier alpha value is -2.79.